The van der Waals surface area contributed by atoms with Crippen LogP contribution in [-0.4, -0.2) is 36.5 Å². The molecule has 2 aromatic rings. The lowest BCUT2D eigenvalue weighted by Crippen LogP contribution is -2.39. The lowest BCUT2D eigenvalue weighted by Gasteiger charge is -2.23. The second-order valence-corrected chi connectivity index (χ2v) is 6.78. The molecular formula is C20H28N4O3. The fraction of sp³-hybridized carbons (Fsp3) is 0.500. The summed E-state index contributed by atoms with van der Waals surface area (Å²) in [5.74, 6) is 1.34. The van der Waals surface area contributed by atoms with Gasteiger partial charge in [-0.25, -0.2) is 4.79 Å². The van der Waals surface area contributed by atoms with E-state index in [1.807, 2.05) is 25.1 Å². The molecule has 3 N–H and O–H groups in total. The Labute approximate surface area is 159 Å². The van der Waals surface area contributed by atoms with Gasteiger partial charge in [0.2, 0.25) is 0 Å². The number of anilines is 1. The van der Waals surface area contributed by atoms with E-state index in [2.05, 4.69) is 20.8 Å². The van der Waals surface area contributed by atoms with Gasteiger partial charge in [-0.2, -0.15) is 5.10 Å². The third-order valence-electron chi connectivity index (χ3n) is 5.04. The Balaban J connectivity index is 1.85. The number of ether oxygens (including phenoxy) is 2. The zero-order valence-corrected chi connectivity index (χ0v) is 16.2. The number of hydrogen-bond donors (Lipinski definition) is 3. The number of carbonyl (C=O) groups excluding carboxylic acids is 1. The fourth-order valence-corrected chi connectivity index (χ4v) is 3.54. The largest absolute Gasteiger partial charge is 0.497 e. The van der Waals surface area contributed by atoms with E-state index in [9.17, 15) is 4.79 Å². The normalized spacial score (nSPS) is 14.6. The maximum absolute atomic E-state index is 12.6. The number of benzene rings is 1. The Hall–Kier alpha value is -2.70. The maximum atomic E-state index is 12.6. The van der Waals surface area contributed by atoms with Crippen LogP contribution in [0, 0.1) is 0 Å². The van der Waals surface area contributed by atoms with E-state index in [0.29, 0.717) is 22.9 Å². The smallest absolute Gasteiger partial charge is 0.319 e. The van der Waals surface area contributed by atoms with E-state index in [1.54, 1.807) is 14.2 Å². The molecular weight excluding hydrogens is 344 g/mol. The van der Waals surface area contributed by atoms with Crippen LogP contribution < -0.4 is 20.1 Å². The predicted octanol–water partition coefficient (Wildman–Crippen LogP) is 4.11. The van der Waals surface area contributed by atoms with Crippen molar-refractivity contribution in [2.75, 3.05) is 19.5 Å². The number of carbonyl (C=O) groups is 1. The van der Waals surface area contributed by atoms with Crippen LogP contribution in [0.1, 0.15) is 44.7 Å². The van der Waals surface area contributed by atoms with Gasteiger partial charge in [0.05, 0.1) is 25.6 Å². The van der Waals surface area contributed by atoms with E-state index in [1.165, 1.54) is 19.3 Å². The molecule has 1 heterocycles. The summed E-state index contributed by atoms with van der Waals surface area (Å²) in [4.78, 5) is 12.6. The first-order chi connectivity index (χ1) is 13.2. The molecule has 1 aromatic heterocycles. The molecule has 146 valence electrons. The summed E-state index contributed by atoms with van der Waals surface area (Å²) < 4.78 is 10.8. The third-order valence-corrected chi connectivity index (χ3v) is 5.04. The molecule has 7 heteroatoms. The number of aromatic nitrogens is 2. The Morgan fingerprint density at radius 3 is 2.67 bits per heavy atom. The van der Waals surface area contributed by atoms with Crippen molar-refractivity contribution in [2.45, 2.75) is 51.5 Å². The van der Waals surface area contributed by atoms with Crippen LogP contribution in [0.5, 0.6) is 11.5 Å². The molecule has 3 rings (SSSR count). The van der Waals surface area contributed by atoms with Gasteiger partial charge in [-0.05, 0) is 31.4 Å². The van der Waals surface area contributed by atoms with Crippen LogP contribution >= 0.6 is 0 Å². The van der Waals surface area contributed by atoms with Gasteiger partial charge in [0.1, 0.15) is 17.2 Å². The standard InChI is InChI=1S/C20H28N4O3/c1-4-16-19(22-20(25)21-13-8-6-5-7-9-13)18(24-23-16)15-11-10-14(26-2)12-17(15)27-3/h10-13H,4-9H2,1-3H3,(H,23,24)(H2,21,22,25). The fourth-order valence-electron chi connectivity index (χ4n) is 3.54. The zero-order chi connectivity index (χ0) is 19.2. The number of aryl methyl sites for hydroxylation is 1. The topological polar surface area (TPSA) is 88.3 Å². The second-order valence-electron chi connectivity index (χ2n) is 6.78. The first-order valence-electron chi connectivity index (χ1n) is 9.53. The molecule has 0 aliphatic heterocycles. The van der Waals surface area contributed by atoms with Gasteiger partial charge in [0.15, 0.2) is 0 Å². The molecule has 27 heavy (non-hydrogen) atoms. The molecule has 7 nitrogen and oxygen atoms in total. The molecule has 1 saturated carbocycles. The Kier molecular flexibility index (Phi) is 6.21. The summed E-state index contributed by atoms with van der Waals surface area (Å²) in [6, 6.07) is 5.60. The first kappa shape index (κ1) is 19.1. The van der Waals surface area contributed by atoms with E-state index >= 15 is 0 Å². The van der Waals surface area contributed by atoms with Crippen molar-refractivity contribution >= 4 is 11.7 Å². The number of urea groups is 1. The van der Waals surface area contributed by atoms with Crippen molar-refractivity contribution < 1.29 is 14.3 Å². The molecule has 1 aliphatic carbocycles. The van der Waals surface area contributed by atoms with Gasteiger partial charge >= 0.3 is 6.03 Å². The molecule has 1 fully saturated rings. The molecule has 0 spiro atoms. The van der Waals surface area contributed by atoms with E-state index in [-0.39, 0.29) is 12.1 Å². The molecule has 1 aliphatic rings. The van der Waals surface area contributed by atoms with E-state index in [4.69, 9.17) is 9.47 Å². The highest BCUT2D eigenvalue weighted by Crippen LogP contribution is 2.37. The number of methoxy groups -OCH3 is 2. The van der Waals surface area contributed by atoms with Crippen LogP contribution in [0.15, 0.2) is 18.2 Å². The second kappa shape index (κ2) is 8.79. The van der Waals surface area contributed by atoms with Crippen molar-refractivity contribution in [2.24, 2.45) is 0 Å². The van der Waals surface area contributed by atoms with Gasteiger partial charge in [-0.1, -0.05) is 26.2 Å². The number of amides is 2. The van der Waals surface area contributed by atoms with Crippen molar-refractivity contribution in [1.82, 2.24) is 15.5 Å². The van der Waals surface area contributed by atoms with Crippen molar-refractivity contribution in [1.29, 1.82) is 0 Å². The van der Waals surface area contributed by atoms with Crippen LogP contribution in [0.3, 0.4) is 0 Å². The van der Waals surface area contributed by atoms with Gasteiger partial charge < -0.3 is 20.1 Å². The predicted molar refractivity (Wildman–Crippen MR) is 106 cm³/mol. The molecule has 0 unspecified atom stereocenters. The van der Waals surface area contributed by atoms with Gasteiger partial charge in [-0.3, -0.25) is 5.10 Å². The lowest BCUT2D eigenvalue weighted by atomic mass is 9.96. The number of nitrogens with zero attached hydrogens (tertiary/aromatic N) is 1. The van der Waals surface area contributed by atoms with E-state index in [0.717, 1.165) is 30.5 Å². The highest BCUT2D eigenvalue weighted by atomic mass is 16.5. The minimum atomic E-state index is -0.188. The van der Waals surface area contributed by atoms with Crippen LogP contribution in [0.4, 0.5) is 10.5 Å². The highest BCUT2D eigenvalue weighted by Gasteiger charge is 2.21. The Morgan fingerprint density at radius 2 is 2.00 bits per heavy atom. The summed E-state index contributed by atoms with van der Waals surface area (Å²) >= 11 is 0. The van der Waals surface area contributed by atoms with Crippen LogP contribution in [-0.2, 0) is 6.42 Å². The minimum absolute atomic E-state index is 0.188. The van der Waals surface area contributed by atoms with E-state index < -0.39 is 0 Å². The summed E-state index contributed by atoms with van der Waals surface area (Å²) in [5.41, 5.74) is 3.02. The van der Waals surface area contributed by atoms with Crippen LogP contribution in [0.25, 0.3) is 11.3 Å². The number of hydrogen-bond acceptors (Lipinski definition) is 4. The van der Waals surface area contributed by atoms with Crippen molar-refractivity contribution in [3.8, 4) is 22.8 Å². The summed E-state index contributed by atoms with van der Waals surface area (Å²) in [6.07, 6.45) is 6.40. The van der Waals surface area contributed by atoms with Crippen molar-refractivity contribution in [3.05, 3.63) is 23.9 Å². The number of aromatic amines is 1. The molecule has 0 atom stereocenters. The minimum Gasteiger partial charge on any atom is -0.497 e. The highest BCUT2D eigenvalue weighted by molar-refractivity contribution is 5.95. The Morgan fingerprint density at radius 1 is 1.22 bits per heavy atom. The quantitative estimate of drug-likeness (QED) is 0.712. The van der Waals surface area contributed by atoms with Gasteiger partial charge in [0.25, 0.3) is 0 Å². The number of H-pyrrole nitrogens is 1. The van der Waals surface area contributed by atoms with Gasteiger partial charge in [0, 0.05) is 17.7 Å². The molecule has 2 amide bonds. The molecule has 0 bridgehead atoms. The number of nitrogens with one attached hydrogen (secondary N) is 3. The molecule has 1 aromatic carbocycles. The average molecular weight is 372 g/mol. The maximum Gasteiger partial charge on any atom is 0.319 e. The molecule has 0 radical (unpaired) electrons. The SMILES string of the molecule is CCc1[nH]nc(-c2ccc(OC)cc2OC)c1NC(=O)NC1CCCCC1. The monoisotopic (exact) mass is 372 g/mol. The molecule has 0 saturated heterocycles. The van der Waals surface area contributed by atoms with Crippen LogP contribution in [0.2, 0.25) is 0 Å². The first-order valence-corrected chi connectivity index (χ1v) is 9.53. The summed E-state index contributed by atoms with van der Waals surface area (Å²) in [5, 5.41) is 13.6. The van der Waals surface area contributed by atoms with Crippen molar-refractivity contribution in [3.63, 3.8) is 0 Å². The average Bonchev–Trinajstić information content (AvgIpc) is 3.10. The Bertz CT molecular complexity index is 782. The zero-order valence-electron chi connectivity index (χ0n) is 16.2. The summed E-state index contributed by atoms with van der Waals surface area (Å²) in [7, 11) is 3.22. The lowest BCUT2D eigenvalue weighted by molar-refractivity contribution is 0.244. The third kappa shape index (κ3) is 4.35. The van der Waals surface area contributed by atoms with Gasteiger partial charge in [-0.15, -0.1) is 0 Å². The number of rotatable bonds is 6. The summed E-state index contributed by atoms with van der Waals surface area (Å²) in [6.45, 7) is 2.02.